The highest BCUT2D eigenvalue weighted by Gasteiger charge is 2.04. The zero-order valence-corrected chi connectivity index (χ0v) is 12.9. The number of carbonyl (C=O) groups excluding carboxylic acids is 1. The maximum Gasteiger partial charge on any atom is 0.271 e. The van der Waals surface area contributed by atoms with Crippen molar-refractivity contribution < 1.29 is 14.3 Å². The number of nitrogens with one attached hydrogen (secondary N) is 1. The molecule has 0 aromatic heterocycles. The van der Waals surface area contributed by atoms with Crippen LogP contribution in [0.2, 0.25) is 0 Å². The van der Waals surface area contributed by atoms with Crippen LogP contribution >= 0.6 is 0 Å². The number of nitrogens with zero attached hydrogens (tertiary/aromatic N) is 1. The van der Waals surface area contributed by atoms with Crippen molar-refractivity contribution in [1.29, 1.82) is 0 Å². The smallest absolute Gasteiger partial charge is 0.271 e. The number of carbonyl (C=O) groups is 1. The molecule has 0 spiro atoms. The fourth-order valence-electron chi connectivity index (χ4n) is 1.81. The van der Waals surface area contributed by atoms with E-state index in [0.717, 1.165) is 11.3 Å². The first-order chi connectivity index (χ1) is 11.2. The Morgan fingerprint density at radius 3 is 2.70 bits per heavy atom. The monoisotopic (exact) mass is 310 g/mol. The third-order valence-electron chi connectivity index (χ3n) is 2.96. The summed E-state index contributed by atoms with van der Waals surface area (Å²) in [6.07, 6.45) is 3.22. The molecule has 0 unspecified atom stereocenters. The van der Waals surface area contributed by atoms with Crippen LogP contribution in [0.1, 0.15) is 15.9 Å². The highest BCUT2D eigenvalue weighted by molar-refractivity contribution is 5.95. The van der Waals surface area contributed by atoms with Crippen molar-refractivity contribution in [3.8, 4) is 11.5 Å². The Bertz CT molecular complexity index is 694. The van der Waals surface area contributed by atoms with Crippen LogP contribution < -0.4 is 14.9 Å². The molecule has 1 amide bonds. The van der Waals surface area contributed by atoms with E-state index in [-0.39, 0.29) is 5.91 Å². The number of hydrazone groups is 1. The van der Waals surface area contributed by atoms with Gasteiger partial charge in [-0.2, -0.15) is 5.10 Å². The summed E-state index contributed by atoms with van der Waals surface area (Å²) >= 11 is 0. The lowest BCUT2D eigenvalue weighted by Gasteiger charge is -2.04. The first-order valence-electron chi connectivity index (χ1n) is 7.04. The summed E-state index contributed by atoms with van der Waals surface area (Å²) in [5, 5.41) is 3.94. The molecule has 0 saturated carbocycles. The molecular weight excluding hydrogens is 292 g/mol. The van der Waals surface area contributed by atoms with Gasteiger partial charge in [0.05, 0.1) is 13.3 Å². The van der Waals surface area contributed by atoms with Crippen LogP contribution in [0, 0.1) is 0 Å². The molecule has 2 rings (SSSR count). The van der Waals surface area contributed by atoms with Crippen molar-refractivity contribution in [3.05, 3.63) is 72.3 Å². The van der Waals surface area contributed by atoms with E-state index in [9.17, 15) is 4.79 Å². The number of amides is 1. The zero-order valence-electron chi connectivity index (χ0n) is 12.9. The predicted molar refractivity (Wildman–Crippen MR) is 90.2 cm³/mol. The lowest BCUT2D eigenvalue weighted by molar-refractivity contribution is 0.0955. The van der Waals surface area contributed by atoms with Gasteiger partial charge in [0.2, 0.25) is 0 Å². The Morgan fingerprint density at radius 2 is 2.00 bits per heavy atom. The lowest BCUT2D eigenvalue weighted by Crippen LogP contribution is -2.17. The zero-order chi connectivity index (χ0) is 16.5. The van der Waals surface area contributed by atoms with Gasteiger partial charge in [-0.15, -0.1) is 0 Å². The maximum absolute atomic E-state index is 12.0. The Morgan fingerprint density at radius 1 is 1.22 bits per heavy atom. The molecule has 0 saturated heterocycles. The van der Waals surface area contributed by atoms with Crippen molar-refractivity contribution in [2.75, 3.05) is 13.7 Å². The van der Waals surface area contributed by atoms with Gasteiger partial charge in [-0.25, -0.2) is 5.43 Å². The van der Waals surface area contributed by atoms with E-state index in [4.69, 9.17) is 9.47 Å². The van der Waals surface area contributed by atoms with Crippen molar-refractivity contribution in [2.24, 2.45) is 5.10 Å². The minimum atomic E-state index is -0.292. The van der Waals surface area contributed by atoms with Crippen molar-refractivity contribution in [3.63, 3.8) is 0 Å². The molecule has 23 heavy (non-hydrogen) atoms. The highest BCUT2D eigenvalue weighted by Crippen LogP contribution is 2.12. The SMILES string of the molecule is C=CCOc1ccc(C(=O)NN=Cc2cccc(OC)c2)cc1. The summed E-state index contributed by atoms with van der Waals surface area (Å²) in [6, 6.07) is 14.2. The Balaban J connectivity index is 1.93. The van der Waals surface area contributed by atoms with Crippen LogP contribution in [0.5, 0.6) is 11.5 Å². The number of hydrogen-bond acceptors (Lipinski definition) is 4. The average molecular weight is 310 g/mol. The van der Waals surface area contributed by atoms with Gasteiger partial charge in [-0.05, 0) is 42.0 Å². The van der Waals surface area contributed by atoms with E-state index in [0.29, 0.717) is 17.9 Å². The topological polar surface area (TPSA) is 59.9 Å². The fraction of sp³-hybridized carbons (Fsp3) is 0.111. The van der Waals surface area contributed by atoms with Gasteiger partial charge in [0.1, 0.15) is 18.1 Å². The molecular formula is C18H18N2O3. The number of ether oxygens (including phenoxy) is 2. The van der Waals surface area contributed by atoms with E-state index < -0.39 is 0 Å². The summed E-state index contributed by atoms with van der Waals surface area (Å²) in [6.45, 7) is 4.01. The molecule has 0 fully saturated rings. The van der Waals surface area contributed by atoms with Gasteiger partial charge < -0.3 is 9.47 Å². The minimum absolute atomic E-state index is 0.292. The van der Waals surface area contributed by atoms with E-state index in [1.54, 1.807) is 43.7 Å². The standard InChI is InChI=1S/C18H18N2O3/c1-3-11-23-16-9-7-15(8-10-16)18(21)20-19-13-14-5-4-6-17(12-14)22-2/h3-10,12-13H,1,11H2,2H3,(H,20,21). The van der Waals surface area contributed by atoms with E-state index >= 15 is 0 Å². The molecule has 1 N–H and O–H groups in total. The minimum Gasteiger partial charge on any atom is -0.497 e. The van der Waals surface area contributed by atoms with Crippen molar-refractivity contribution >= 4 is 12.1 Å². The second kappa shape index (κ2) is 8.38. The van der Waals surface area contributed by atoms with Crippen LogP contribution in [0.3, 0.4) is 0 Å². The average Bonchev–Trinajstić information content (AvgIpc) is 2.60. The van der Waals surface area contributed by atoms with Crippen LogP contribution in [0.25, 0.3) is 0 Å². The van der Waals surface area contributed by atoms with E-state index in [1.165, 1.54) is 0 Å². The second-order valence-electron chi connectivity index (χ2n) is 4.60. The summed E-state index contributed by atoms with van der Waals surface area (Å²) in [4.78, 5) is 12.0. The van der Waals surface area contributed by atoms with Crippen molar-refractivity contribution in [1.82, 2.24) is 5.43 Å². The molecule has 5 nitrogen and oxygen atoms in total. The van der Waals surface area contributed by atoms with Crippen LogP contribution in [0.15, 0.2) is 66.3 Å². The third kappa shape index (κ3) is 5.00. The predicted octanol–water partition coefficient (Wildman–Crippen LogP) is 3.02. The van der Waals surface area contributed by atoms with Crippen LogP contribution in [0.4, 0.5) is 0 Å². The molecule has 2 aromatic rings. The number of rotatable bonds is 7. The molecule has 0 heterocycles. The fourth-order valence-corrected chi connectivity index (χ4v) is 1.81. The molecule has 0 aliphatic rings. The molecule has 0 aliphatic heterocycles. The third-order valence-corrected chi connectivity index (χ3v) is 2.96. The van der Waals surface area contributed by atoms with Crippen LogP contribution in [-0.2, 0) is 0 Å². The summed E-state index contributed by atoms with van der Waals surface area (Å²) in [7, 11) is 1.60. The summed E-state index contributed by atoms with van der Waals surface area (Å²) in [5.41, 5.74) is 3.81. The first kappa shape index (κ1) is 16.3. The van der Waals surface area contributed by atoms with Gasteiger partial charge in [-0.3, -0.25) is 4.79 Å². The van der Waals surface area contributed by atoms with Crippen molar-refractivity contribution in [2.45, 2.75) is 0 Å². The molecule has 2 aromatic carbocycles. The Hall–Kier alpha value is -3.08. The van der Waals surface area contributed by atoms with E-state index in [1.807, 2.05) is 24.3 Å². The molecule has 5 heteroatoms. The Labute approximate surface area is 135 Å². The summed E-state index contributed by atoms with van der Waals surface area (Å²) < 4.78 is 10.5. The molecule has 0 aliphatic carbocycles. The van der Waals surface area contributed by atoms with Gasteiger partial charge in [0.15, 0.2) is 0 Å². The lowest BCUT2D eigenvalue weighted by atomic mass is 10.2. The molecule has 0 atom stereocenters. The molecule has 0 radical (unpaired) electrons. The first-order valence-corrected chi connectivity index (χ1v) is 7.04. The summed E-state index contributed by atoms with van der Waals surface area (Å²) in [5.74, 6) is 1.12. The maximum atomic E-state index is 12.0. The highest BCUT2D eigenvalue weighted by atomic mass is 16.5. The number of hydrogen-bond donors (Lipinski definition) is 1. The van der Waals surface area contributed by atoms with Gasteiger partial charge in [-0.1, -0.05) is 24.8 Å². The number of benzene rings is 2. The van der Waals surface area contributed by atoms with E-state index in [2.05, 4.69) is 17.1 Å². The Kier molecular flexibility index (Phi) is 5.94. The quantitative estimate of drug-likeness (QED) is 0.486. The molecule has 0 bridgehead atoms. The normalized spacial score (nSPS) is 10.3. The van der Waals surface area contributed by atoms with Gasteiger partial charge in [0, 0.05) is 5.56 Å². The second-order valence-corrected chi connectivity index (χ2v) is 4.60. The molecule has 118 valence electrons. The van der Waals surface area contributed by atoms with Gasteiger partial charge in [0.25, 0.3) is 5.91 Å². The van der Waals surface area contributed by atoms with Gasteiger partial charge >= 0.3 is 0 Å². The van der Waals surface area contributed by atoms with Crippen LogP contribution in [-0.4, -0.2) is 25.8 Å². The largest absolute Gasteiger partial charge is 0.497 e. The number of methoxy groups -OCH3 is 1.